The second kappa shape index (κ2) is 9.52. The number of nitrogens with zero attached hydrogens (tertiary/aromatic N) is 1. The van der Waals surface area contributed by atoms with Crippen molar-refractivity contribution in [2.45, 2.75) is 45.9 Å². The van der Waals surface area contributed by atoms with Gasteiger partial charge >= 0.3 is 0 Å². The van der Waals surface area contributed by atoms with Crippen molar-refractivity contribution in [3.05, 3.63) is 11.8 Å². The molecule has 2 atom stereocenters. The molecule has 0 bridgehead atoms. The quantitative estimate of drug-likeness (QED) is 0.566. The van der Waals surface area contributed by atoms with Gasteiger partial charge in [-0.05, 0) is 19.8 Å². The molecule has 0 spiro atoms. The Kier molecular flexibility index (Phi) is 8.82. The minimum atomic E-state index is -0.427. The standard InChI is InChI=1S/C11H18N2O4.C2H6/c1-8(11(16)12-7-15)5-13(2)10-4-3-9(6-14)17-10;1-2/h5,7,9-10,14H,3-4,6H2,1-2H3,(H,12,15,16);1-2H3/b8-5-;. The van der Waals surface area contributed by atoms with Crippen LogP contribution in [0.4, 0.5) is 0 Å². The Balaban J connectivity index is 0.00000154. The van der Waals surface area contributed by atoms with Gasteiger partial charge in [-0.2, -0.15) is 0 Å². The van der Waals surface area contributed by atoms with E-state index in [9.17, 15) is 9.59 Å². The van der Waals surface area contributed by atoms with Crippen molar-refractivity contribution in [3.63, 3.8) is 0 Å². The van der Waals surface area contributed by atoms with Gasteiger partial charge in [0.15, 0.2) is 0 Å². The summed E-state index contributed by atoms with van der Waals surface area (Å²) in [6, 6.07) is 0. The van der Waals surface area contributed by atoms with Gasteiger partial charge in [0, 0.05) is 18.8 Å². The van der Waals surface area contributed by atoms with Gasteiger partial charge in [0.05, 0.1) is 12.7 Å². The van der Waals surface area contributed by atoms with E-state index in [0.29, 0.717) is 12.0 Å². The summed E-state index contributed by atoms with van der Waals surface area (Å²) in [6.45, 7) is 5.63. The number of hydrogen-bond donors (Lipinski definition) is 2. The number of aliphatic hydroxyl groups excluding tert-OH is 1. The summed E-state index contributed by atoms with van der Waals surface area (Å²) >= 11 is 0. The topological polar surface area (TPSA) is 78.9 Å². The summed E-state index contributed by atoms with van der Waals surface area (Å²) in [5.41, 5.74) is 0.427. The molecule has 6 nitrogen and oxygen atoms in total. The van der Waals surface area contributed by atoms with E-state index in [0.717, 1.165) is 12.8 Å². The van der Waals surface area contributed by atoms with E-state index < -0.39 is 5.91 Å². The number of ether oxygens (including phenoxy) is 1. The summed E-state index contributed by atoms with van der Waals surface area (Å²) in [6.07, 6.45) is 3.34. The predicted octanol–water partition coefficient (Wildman–Crippen LogP) is 0.618. The number of imide groups is 1. The molecule has 1 fully saturated rings. The van der Waals surface area contributed by atoms with Gasteiger partial charge in [0.2, 0.25) is 6.41 Å². The van der Waals surface area contributed by atoms with Crippen LogP contribution in [0, 0.1) is 0 Å². The lowest BCUT2D eigenvalue weighted by molar-refractivity contribution is -0.122. The van der Waals surface area contributed by atoms with Crippen LogP contribution >= 0.6 is 0 Å². The Morgan fingerprint density at radius 2 is 2.11 bits per heavy atom. The van der Waals surface area contributed by atoms with E-state index in [1.165, 1.54) is 0 Å². The number of aliphatic hydroxyl groups is 1. The molecule has 1 saturated heterocycles. The van der Waals surface area contributed by atoms with E-state index in [4.69, 9.17) is 9.84 Å². The number of nitrogens with one attached hydrogen (secondary N) is 1. The molecule has 2 unspecified atom stereocenters. The first-order chi connectivity index (χ1) is 9.08. The maximum absolute atomic E-state index is 11.3. The lowest BCUT2D eigenvalue weighted by Crippen LogP contribution is -2.30. The fourth-order valence-corrected chi connectivity index (χ4v) is 1.74. The number of amides is 2. The van der Waals surface area contributed by atoms with E-state index in [-0.39, 0.29) is 18.9 Å². The second-order valence-corrected chi connectivity index (χ2v) is 4.04. The molecule has 1 heterocycles. The van der Waals surface area contributed by atoms with Gasteiger partial charge in [-0.1, -0.05) is 13.8 Å². The maximum Gasteiger partial charge on any atom is 0.254 e. The molecule has 0 saturated carbocycles. The number of rotatable bonds is 5. The van der Waals surface area contributed by atoms with Crippen LogP contribution in [0.1, 0.15) is 33.6 Å². The van der Waals surface area contributed by atoms with Crippen LogP contribution in [0.3, 0.4) is 0 Å². The van der Waals surface area contributed by atoms with Crippen LogP contribution < -0.4 is 5.32 Å². The molecular formula is C13H24N2O4. The highest BCUT2D eigenvalue weighted by Crippen LogP contribution is 2.21. The molecule has 1 rings (SSSR count). The highest BCUT2D eigenvalue weighted by atomic mass is 16.5. The summed E-state index contributed by atoms with van der Waals surface area (Å²) in [5.74, 6) is -0.427. The van der Waals surface area contributed by atoms with Crippen molar-refractivity contribution < 1.29 is 19.4 Å². The lowest BCUT2D eigenvalue weighted by atomic mass is 10.2. The van der Waals surface area contributed by atoms with Crippen LogP contribution in [0.5, 0.6) is 0 Å². The Bertz CT molecular complexity index is 318. The third kappa shape index (κ3) is 5.85. The molecule has 1 aliphatic rings. The maximum atomic E-state index is 11.3. The zero-order valence-electron chi connectivity index (χ0n) is 12.0. The zero-order chi connectivity index (χ0) is 14.8. The lowest BCUT2D eigenvalue weighted by Gasteiger charge is -2.23. The smallest absolute Gasteiger partial charge is 0.254 e. The molecule has 110 valence electrons. The van der Waals surface area contributed by atoms with Gasteiger partial charge in [-0.25, -0.2) is 0 Å². The second-order valence-electron chi connectivity index (χ2n) is 4.04. The first-order valence-electron chi connectivity index (χ1n) is 6.49. The molecule has 0 aliphatic carbocycles. The molecule has 0 aromatic heterocycles. The predicted molar refractivity (Wildman–Crippen MR) is 72.1 cm³/mol. The average molecular weight is 272 g/mol. The van der Waals surface area contributed by atoms with Gasteiger partial charge in [-0.3, -0.25) is 14.9 Å². The van der Waals surface area contributed by atoms with Crippen LogP contribution in [0.15, 0.2) is 11.8 Å². The molecule has 0 radical (unpaired) electrons. The Labute approximate surface area is 114 Å². The fraction of sp³-hybridized carbons (Fsp3) is 0.692. The molecule has 1 aliphatic heterocycles. The van der Waals surface area contributed by atoms with E-state index in [2.05, 4.69) is 5.32 Å². The van der Waals surface area contributed by atoms with Gasteiger partial charge in [0.1, 0.15) is 6.23 Å². The molecule has 19 heavy (non-hydrogen) atoms. The number of carbonyl (C=O) groups is 2. The highest BCUT2D eigenvalue weighted by Gasteiger charge is 2.26. The van der Waals surface area contributed by atoms with E-state index in [1.54, 1.807) is 25.1 Å². The van der Waals surface area contributed by atoms with Gasteiger partial charge in [0.25, 0.3) is 5.91 Å². The Hall–Kier alpha value is -1.40. The SMILES string of the molecule is C/C(=C/N(C)C1CCC(CO)O1)C(=O)NC=O.CC. The largest absolute Gasteiger partial charge is 0.394 e. The monoisotopic (exact) mass is 272 g/mol. The van der Waals surface area contributed by atoms with Crippen molar-refractivity contribution in [1.82, 2.24) is 10.2 Å². The minimum absolute atomic E-state index is 0.0126. The molecule has 0 aromatic carbocycles. The fourth-order valence-electron chi connectivity index (χ4n) is 1.74. The van der Waals surface area contributed by atoms with Crippen molar-refractivity contribution in [1.29, 1.82) is 0 Å². The van der Waals surface area contributed by atoms with Gasteiger partial charge in [-0.15, -0.1) is 0 Å². The molecular weight excluding hydrogens is 248 g/mol. The minimum Gasteiger partial charge on any atom is -0.394 e. The van der Waals surface area contributed by atoms with Crippen LogP contribution in [0.2, 0.25) is 0 Å². The van der Waals surface area contributed by atoms with Crippen molar-refractivity contribution in [2.75, 3.05) is 13.7 Å². The normalized spacial score (nSPS) is 22.3. The summed E-state index contributed by atoms with van der Waals surface area (Å²) in [4.78, 5) is 23.2. The van der Waals surface area contributed by atoms with Crippen LogP contribution in [-0.2, 0) is 14.3 Å². The number of hydrogen-bond acceptors (Lipinski definition) is 5. The molecule has 2 amide bonds. The zero-order valence-corrected chi connectivity index (χ0v) is 12.0. The van der Waals surface area contributed by atoms with E-state index >= 15 is 0 Å². The molecule has 2 N–H and O–H groups in total. The summed E-state index contributed by atoms with van der Waals surface area (Å²) in [5, 5.41) is 11.0. The summed E-state index contributed by atoms with van der Waals surface area (Å²) in [7, 11) is 1.79. The Morgan fingerprint density at radius 1 is 1.47 bits per heavy atom. The van der Waals surface area contributed by atoms with Crippen LogP contribution in [0.25, 0.3) is 0 Å². The third-order valence-electron chi connectivity index (χ3n) is 2.69. The van der Waals surface area contributed by atoms with Crippen molar-refractivity contribution >= 4 is 12.3 Å². The molecule has 6 heteroatoms. The first-order valence-corrected chi connectivity index (χ1v) is 6.49. The van der Waals surface area contributed by atoms with E-state index in [1.807, 2.05) is 13.8 Å². The van der Waals surface area contributed by atoms with Crippen molar-refractivity contribution in [3.8, 4) is 0 Å². The number of carbonyl (C=O) groups excluding carboxylic acids is 2. The van der Waals surface area contributed by atoms with Crippen molar-refractivity contribution in [2.24, 2.45) is 0 Å². The highest BCUT2D eigenvalue weighted by molar-refractivity contribution is 5.98. The van der Waals surface area contributed by atoms with Crippen LogP contribution in [-0.4, -0.2) is 48.3 Å². The third-order valence-corrected chi connectivity index (χ3v) is 2.69. The first kappa shape index (κ1) is 17.6. The average Bonchev–Trinajstić information content (AvgIpc) is 2.90. The summed E-state index contributed by atoms with van der Waals surface area (Å²) < 4.78 is 5.54. The Morgan fingerprint density at radius 3 is 2.58 bits per heavy atom. The van der Waals surface area contributed by atoms with Gasteiger partial charge < -0.3 is 14.7 Å². The molecule has 0 aromatic rings.